The lowest BCUT2D eigenvalue weighted by molar-refractivity contribution is 0.0185. The molecule has 1 aliphatic heterocycles. The van der Waals surface area contributed by atoms with Gasteiger partial charge < -0.3 is 14.6 Å². The standard InChI is InChI=1S/C28H29ClFN5O2/c1-28(2,3)37-27(36)34-10-8-23(9-11-34)35-17-21(16-33-35)20-12-24-19(14-31-26(24)32-15-20)5-4-18-6-7-22(30)13-25(18)29/h4-7,12-17,23H,8-11H2,1-3H3,(H,31,32)/b5-4-. The Hall–Kier alpha value is -3.65. The Morgan fingerprint density at radius 2 is 1.89 bits per heavy atom. The first kappa shape index (κ1) is 25.0. The van der Waals surface area contributed by atoms with Gasteiger partial charge in [-0.3, -0.25) is 4.68 Å². The number of fused-ring (bicyclic) bond motifs is 1. The number of nitrogens with one attached hydrogen (secondary N) is 1. The van der Waals surface area contributed by atoms with Crippen LogP contribution in [0.2, 0.25) is 5.02 Å². The van der Waals surface area contributed by atoms with Gasteiger partial charge in [-0.05, 0) is 57.4 Å². The van der Waals surface area contributed by atoms with Crippen molar-refractivity contribution in [3.05, 3.63) is 71.0 Å². The predicted molar refractivity (Wildman–Crippen MR) is 144 cm³/mol. The van der Waals surface area contributed by atoms with E-state index < -0.39 is 5.60 Å². The Kier molecular flexibility index (Phi) is 6.77. The smallest absolute Gasteiger partial charge is 0.410 e. The molecule has 9 heteroatoms. The minimum absolute atomic E-state index is 0.218. The van der Waals surface area contributed by atoms with E-state index in [2.05, 4.69) is 21.1 Å². The van der Waals surface area contributed by atoms with E-state index in [0.29, 0.717) is 18.1 Å². The number of hydrogen-bond acceptors (Lipinski definition) is 4. The summed E-state index contributed by atoms with van der Waals surface area (Å²) in [5.41, 5.74) is 3.90. The molecule has 4 aromatic rings. The number of ether oxygens (including phenoxy) is 1. The van der Waals surface area contributed by atoms with Gasteiger partial charge in [-0.2, -0.15) is 5.10 Å². The summed E-state index contributed by atoms with van der Waals surface area (Å²) in [6.45, 7) is 6.91. The van der Waals surface area contributed by atoms with Crippen LogP contribution in [-0.2, 0) is 4.74 Å². The summed E-state index contributed by atoms with van der Waals surface area (Å²) >= 11 is 6.16. The zero-order chi connectivity index (χ0) is 26.2. The molecule has 0 saturated carbocycles. The van der Waals surface area contributed by atoms with Crippen LogP contribution >= 0.6 is 11.6 Å². The number of rotatable bonds is 4. The maximum atomic E-state index is 13.3. The normalized spacial score (nSPS) is 15.1. The molecule has 0 unspecified atom stereocenters. The van der Waals surface area contributed by atoms with Crippen molar-refractivity contribution in [2.45, 2.75) is 45.3 Å². The Balaban J connectivity index is 1.30. The van der Waals surface area contributed by atoms with Crippen LogP contribution in [0.5, 0.6) is 0 Å². The molecule has 1 aliphatic rings. The van der Waals surface area contributed by atoms with Gasteiger partial charge in [0.1, 0.15) is 17.1 Å². The molecule has 1 amide bonds. The Morgan fingerprint density at radius 3 is 2.62 bits per heavy atom. The number of H-pyrrole nitrogens is 1. The first-order valence-electron chi connectivity index (χ1n) is 12.3. The van der Waals surface area contributed by atoms with Gasteiger partial charge in [-0.1, -0.05) is 29.8 Å². The van der Waals surface area contributed by atoms with Crippen LogP contribution in [0.1, 0.15) is 50.8 Å². The quantitative estimate of drug-likeness (QED) is 0.315. The van der Waals surface area contributed by atoms with Gasteiger partial charge in [0.15, 0.2) is 0 Å². The Bertz CT molecular complexity index is 1460. The molecule has 0 radical (unpaired) electrons. The van der Waals surface area contributed by atoms with Crippen molar-refractivity contribution in [3.63, 3.8) is 0 Å². The van der Waals surface area contributed by atoms with Crippen LogP contribution in [-0.4, -0.2) is 49.4 Å². The van der Waals surface area contributed by atoms with E-state index in [1.165, 1.54) is 12.1 Å². The second-order valence-corrected chi connectivity index (χ2v) is 10.7. The van der Waals surface area contributed by atoms with Crippen molar-refractivity contribution in [1.82, 2.24) is 24.6 Å². The number of aromatic amines is 1. The third-order valence-corrected chi connectivity index (χ3v) is 6.72. The number of nitrogens with zero attached hydrogens (tertiary/aromatic N) is 4. The summed E-state index contributed by atoms with van der Waals surface area (Å²) in [6.07, 6.45) is 12.8. The first-order valence-corrected chi connectivity index (χ1v) is 12.7. The number of carbonyl (C=O) groups is 1. The summed E-state index contributed by atoms with van der Waals surface area (Å²) in [5.74, 6) is -0.364. The average molecular weight is 522 g/mol. The molecule has 5 rings (SSSR count). The molecule has 1 fully saturated rings. The maximum Gasteiger partial charge on any atom is 0.410 e. The molecule has 37 heavy (non-hydrogen) atoms. The van der Waals surface area contributed by atoms with Crippen LogP contribution in [0.3, 0.4) is 0 Å². The number of carbonyl (C=O) groups excluding carboxylic acids is 1. The lowest BCUT2D eigenvalue weighted by Crippen LogP contribution is -2.42. The van der Waals surface area contributed by atoms with Crippen molar-refractivity contribution in [1.29, 1.82) is 0 Å². The fraction of sp³-hybridized carbons (Fsp3) is 0.321. The molecule has 0 bridgehead atoms. The van der Waals surface area contributed by atoms with E-state index in [1.54, 1.807) is 11.0 Å². The van der Waals surface area contributed by atoms with E-state index in [1.807, 2.05) is 62.4 Å². The summed E-state index contributed by atoms with van der Waals surface area (Å²) in [4.78, 5) is 21.9. The number of benzene rings is 1. The van der Waals surface area contributed by atoms with Crippen molar-refractivity contribution in [2.24, 2.45) is 0 Å². The number of piperidine rings is 1. The molecule has 1 N–H and O–H groups in total. The Labute approximate surface area is 219 Å². The summed E-state index contributed by atoms with van der Waals surface area (Å²) < 4.78 is 20.8. The highest BCUT2D eigenvalue weighted by molar-refractivity contribution is 6.32. The largest absolute Gasteiger partial charge is 0.444 e. The predicted octanol–water partition coefficient (Wildman–Crippen LogP) is 6.96. The molecule has 1 saturated heterocycles. The molecule has 192 valence electrons. The van der Waals surface area contributed by atoms with Crippen molar-refractivity contribution in [3.8, 4) is 11.1 Å². The van der Waals surface area contributed by atoms with E-state index in [-0.39, 0.29) is 18.0 Å². The zero-order valence-corrected chi connectivity index (χ0v) is 21.8. The molecular formula is C28H29ClFN5O2. The zero-order valence-electron chi connectivity index (χ0n) is 21.0. The number of aromatic nitrogens is 4. The van der Waals surface area contributed by atoms with Gasteiger partial charge in [0, 0.05) is 53.8 Å². The van der Waals surface area contributed by atoms with Gasteiger partial charge >= 0.3 is 6.09 Å². The van der Waals surface area contributed by atoms with Gasteiger partial charge in [0.2, 0.25) is 0 Å². The van der Waals surface area contributed by atoms with E-state index >= 15 is 0 Å². The number of halogens is 2. The highest BCUT2D eigenvalue weighted by Crippen LogP contribution is 2.29. The fourth-order valence-corrected chi connectivity index (χ4v) is 4.69. The van der Waals surface area contributed by atoms with Crippen LogP contribution in [0.25, 0.3) is 34.3 Å². The van der Waals surface area contributed by atoms with Gasteiger partial charge in [-0.25, -0.2) is 14.2 Å². The molecular weight excluding hydrogens is 493 g/mol. The molecule has 7 nitrogen and oxygen atoms in total. The monoisotopic (exact) mass is 521 g/mol. The molecule has 0 atom stereocenters. The van der Waals surface area contributed by atoms with Crippen molar-refractivity contribution < 1.29 is 13.9 Å². The lowest BCUT2D eigenvalue weighted by atomic mass is 10.1. The van der Waals surface area contributed by atoms with E-state index in [0.717, 1.165) is 46.1 Å². The van der Waals surface area contributed by atoms with Gasteiger partial charge in [0.25, 0.3) is 0 Å². The number of pyridine rings is 1. The third-order valence-electron chi connectivity index (χ3n) is 6.39. The summed E-state index contributed by atoms with van der Waals surface area (Å²) in [6, 6.07) is 6.64. The van der Waals surface area contributed by atoms with E-state index in [4.69, 9.17) is 16.3 Å². The molecule has 4 heterocycles. The maximum absolute atomic E-state index is 13.3. The SMILES string of the molecule is CC(C)(C)OC(=O)N1CCC(n2cc(-c3cnc4[nH]cc(/C=C\c5ccc(F)cc5Cl)c4c3)cn2)CC1. The Morgan fingerprint density at radius 1 is 1.14 bits per heavy atom. The van der Waals surface area contributed by atoms with Crippen LogP contribution in [0, 0.1) is 5.82 Å². The second-order valence-electron chi connectivity index (χ2n) is 10.3. The molecule has 3 aromatic heterocycles. The van der Waals surface area contributed by atoms with Crippen LogP contribution in [0.15, 0.2) is 49.1 Å². The number of likely N-dealkylation sites (tertiary alicyclic amines) is 1. The minimum atomic E-state index is -0.497. The topological polar surface area (TPSA) is 76.0 Å². The van der Waals surface area contributed by atoms with Gasteiger partial charge in [0.05, 0.1) is 17.3 Å². The first-order chi connectivity index (χ1) is 17.7. The highest BCUT2D eigenvalue weighted by atomic mass is 35.5. The minimum Gasteiger partial charge on any atom is -0.444 e. The molecule has 0 spiro atoms. The van der Waals surface area contributed by atoms with Crippen LogP contribution in [0.4, 0.5) is 9.18 Å². The summed E-state index contributed by atoms with van der Waals surface area (Å²) in [5, 5.41) is 5.94. The fourth-order valence-electron chi connectivity index (χ4n) is 4.46. The second kappa shape index (κ2) is 10.0. The average Bonchev–Trinajstić information content (AvgIpc) is 3.50. The van der Waals surface area contributed by atoms with Crippen molar-refractivity contribution in [2.75, 3.05) is 13.1 Å². The third kappa shape index (κ3) is 5.69. The number of amides is 1. The number of hydrogen-bond donors (Lipinski definition) is 1. The lowest BCUT2D eigenvalue weighted by Gasteiger charge is -2.33. The van der Waals surface area contributed by atoms with E-state index in [9.17, 15) is 9.18 Å². The van der Waals surface area contributed by atoms with Crippen LogP contribution < -0.4 is 0 Å². The molecule has 1 aromatic carbocycles. The highest BCUT2D eigenvalue weighted by Gasteiger charge is 2.28. The van der Waals surface area contributed by atoms with Gasteiger partial charge in [-0.15, -0.1) is 0 Å². The summed E-state index contributed by atoms with van der Waals surface area (Å²) in [7, 11) is 0. The molecule has 0 aliphatic carbocycles. The van der Waals surface area contributed by atoms with Crippen molar-refractivity contribution >= 4 is 40.9 Å².